The molecule has 2 aromatic heterocycles. The van der Waals surface area contributed by atoms with Gasteiger partial charge in [-0.2, -0.15) is 5.10 Å². The predicted octanol–water partition coefficient (Wildman–Crippen LogP) is 3.23. The van der Waals surface area contributed by atoms with Crippen molar-refractivity contribution in [3.63, 3.8) is 0 Å². The average molecular weight is 313 g/mol. The van der Waals surface area contributed by atoms with Gasteiger partial charge in [0.25, 0.3) is 5.91 Å². The van der Waals surface area contributed by atoms with Crippen molar-refractivity contribution in [1.29, 1.82) is 0 Å². The van der Waals surface area contributed by atoms with Gasteiger partial charge in [-0.15, -0.1) is 0 Å². The highest BCUT2D eigenvalue weighted by Gasteiger charge is 2.10. The van der Waals surface area contributed by atoms with Crippen LogP contribution in [0.2, 0.25) is 5.02 Å². The number of hydrogen-bond acceptors (Lipinski definition) is 3. The van der Waals surface area contributed by atoms with Crippen LogP contribution in [-0.2, 0) is 6.54 Å². The van der Waals surface area contributed by atoms with Gasteiger partial charge >= 0.3 is 0 Å². The van der Waals surface area contributed by atoms with Crippen molar-refractivity contribution in [2.24, 2.45) is 0 Å². The molecule has 3 aromatic rings. The quantitative estimate of drug-likeness (QED) is 0.804. The number of nitrogens with zero attached hydrogens (tertiary/aromatic N) is 3. The van der Waals surface area contributed by atoms with E-state index in [-0.39, 0.29) is 5.91 Å². The lowest BCUT2D eigenvalue weighted by Crippen LogP contribution is -2.16. The van der Waals surface area contributed by atoms with Crippen molar-refractivity contribution in [3.05, 3.63) is 77.2 Å². The summed E-state index contributed by atoms with van der Waals surface area (Å²) >= 11 is 6.16. The molecule has 0 saturated carbocycles. The van der Waals surface area contributed by atoms with Gasteiger partial charge in [0.1, 0.15) is 5.82 Å². The summed E-state index contributed by atoms with van der Waals surface area (Å²) in [6.07, 6.45) is 4.80. The van der Waals surface area contributed by atoms with E-state index in [9.17, 15) is 4.79 Å². The van der Waals surface area contributed by atoms with Gasteiger partial charge in [-0.25, -0.2) is 4.68 Å². The average Bonchev–Trinajstić information content (AvgIpc) is 2.97. The number of hydrogen-bond donors (Lipinski definition) is 1. The molecule has 0 unspecified atom stereocenters. The Morgan fingerprint density at radius 2 is 1.86 bits per heavy atom. The Hall–Kier alpha value is -2.66. The zero-order chi connectivity index (χ0) is 15.4. The molecule has 0 aliphatic rings. The van der Waals surface area contributed by atoms with Crippen molar-refractivity contribution >= 4 is 23.3 Å². The fourth-order valence-electron chi connectivity index (χ4n) is 2.04. The number of aromatic nitrogens is 3. The van der Waals surface area contributed by atoms with Crippen LogP contribution in [0.15, 0.2) is 61.1 Å². The van der Waals surface area contributed by atoms with Crippen LogP contribution < -0.4 is 5.32 Å². The number of pyridine rings is 1. The molecule has 0 aliphatic carbocycles. The molecule has 0 saturated heterocycles. The van der Waals surface area contributed by atoms with Crippen LogP contribution in [0.4, 0.5) is 5.82 Å². The molecule has 6 heteroatoms. The van der Waals surface area contributed by atoms with E-state index >= 15 is 0 Å². The number of benzene rings is 1. The van der Waals surface area contributed by atoms with E-state index in [0.29, 0.717) is 22.9 Å². The lowest BCUT2D eigenvalue weighted by atomic mass is 10.2. The zero-order valence-electron chi connectivity index (χ0n) is 11.6. The Morgan fingerprint density at radius 3 is 2.64 bits per heavy atom. The Labute approximate surface area is 132 Å². The number of nitrogens with one attached hydrogen (secondary N) is 1. The van der Waals surface area contributed by atoms with Crippen LogP contribution in [0, 0.1) is 0 Å². The third-order valence-electron chi connectivity index (χ3n) is 3.18. The van der Waals surface area contributed by atoms with Crippen molar-refractivity contribution < 1.29 is 4.79 Å². The molecule has 0 bridgehead atoms. The highest BCUT2D eigenvalue weighted by molar-refractivity contribution is 6.31. The fraction of sp³-hybridized carbons (Fsp3) is 0.0625. The van der Waals surface area contributed by atoms with E-state index in [1.807, 2.05) is 24.3 Å². The van der Waals surface area contributed by atoms with Crippen LogP contribution in [0.1, 0.15) is 15.9 Å². The molecule has 22 heavy (non-hydrogen) atoms. The normalized spacial score (nSPS) is 10.4. The van der Waals surface area contributed by atoms with Gasteiger partial charge in [0, 0.05) is 29.0 Å². The summed E-state index contributed by atoms with van der Waals surface area (Å²) in [6.45, 7) is 0.485. The van der Waals surface area contributed by atoms with Crippen molar-refractivity contribution in [3.8, 4) is 0 Å². The maximum atomic E-state index is 12.2. The van der Waals surface area contributed by atoms with Gasteiger partial charge in [0.2, 0.25) is 0 Å². The summed E-state index contributed by atoms with van der Waals surface area (Å²) in [5, 5.41) is 7.74. The maximum absolute atomic E-state index is 12.2. The monoisotopic (exact) mass is 312 g/mol. The lowest BCUT2D eigenvalue weighted by molar-refractivity contribution is 0.102. The fourth-order valence-corrected chi connectivity index (χ4v) is 2.24. The number of amides is 1. The highest BCUT2D eigenvalue weighted by atomic mass is 35.5. The number of carbonyl (C=O) groups is 1. The number of carbonyl (C=O) groups excluding carboxylic acids is 1. The van der Waals surface area contributed by atoms with Crippen molar-refractivity contribution in [2.45, 2.75) is 6.54 Å². The topological polar surface area (TPSA) is 59.8 Å². The van der Waals surface area contributed by atoms with Crippen LogP contribution in [0.5, 0.6) is 0 Å². The highest BCUT2D eigenvalue weighted by Crippen LogP contribution is 2.18. The summed E-state index contributed by atoms with van der Waals surface area (Å²) in [4.78, 5) is 16.1. The molecule has 0 fully saturated rings. The molecule has 0 radical (unpaired) electrons. The predicted molar refractivity (Wildman–Crippen MR) is 85.0 cm³/mol. The largest absolute Gasteiger partial charge is 0.307 e. The number of rotatable bonds is 4. The Balaban J connectivity index is 1.78. The van der Waals surface area contributed by atoms with Crippen LogP contribution in [-0.4, -0.2) is 20.7 Å². The molecule has 1 N–H and O–H groups in total. The second kappa shape index (κ2) is 6.41. The summed E-state index contributed by atoms with van der Waals surface area (Å²) in [5.74, 6) is 0.407. The Morgan fingerprint density at radius 1 is 1.09 bits per heavy atom. The summed E-state index contributed by atoms with van der Waals surface area (Å²) in [6, 6.07) is 12.6. The molecule has 3 rings (SSSR count). The molecule has 2 heterocycles. The number of halogens is 1. The third kappa shape index (κ3) is 3.15. The van der Waals surface area contributed by atoms with Gasteiger partial charge in [0.15, 0.2) is 0 Å². The first kappa shape index (κ1) is 14.3. The van der Waals surface area contributed by atoms with Gasteiger partial charge < -0.3 is 5.32 Å². The molecule has 5 nitrogen and oxygen atoms in total. The summed E-state index contributed by atoms with van der Waals surface area (Å²) < 4.78 is 1.69. The minimum Gasteiger partial charge on any atom is -0.307 e. The minimum absolute atomic E-state index is 0.205. The summed E-state index contributed by atoms with van der Waals surface area (Å²) in [5.41, 5.74) is 1.48. The van der Waals surface area contributed by atoms with Crippen LogP contribution in [0.25, 0.3) is 0 Å². The van der Waals surface area contributed by atoms with E-state index in [2.05, 4.69) is 15.4 Å². The van der Waals surface area contributed by atoms with Crippen molar-refractivity contribution in [2.75, 3.05) is 5.32 Å². The molecule has 1 aromatic carbocycles. The Bertz CT molecular complexity index is 786. The first-order chi connectivity index (χ1) is 10.7. The van der Waals surface area contributed by atoms with E-state index in [4.69, 9.17) is 11.6 Å². The Kier molecular flexibility index (Phi) is 4.16. The van der Waals surface area contributed by atoms with E-state index in [0.717, 1.165) is 5.56 Å². The smallest absolute Gasteiger partial charge is 0.256 e. The van der Waals surface area contributed by atoms with E-state index < -0.39 is 0 Å². The first-order valence-corrected chi connectivity index (χ1v) is 7.08. The molecule has 0 atom stereocenters. The van der Waals surface area contributed by atoms with Gasteiger partial charge in [-0.05, 0) is 23.8 Å². The molecule has 110 valence electrons. The van der Waals surface area contributed by atoms with Crippen LogP contribution >= 0.6 is 11.6 Å². The molecular formula is C16H13ClN4O. The number of anilines is 1. The SMILES string of the molecule is O=C(Nc1ccnn1Cc1ccccc1Cl)c1ccncc1. The maximum Gasteiger partial charge on any atom is 0.256 e. The molecule has 0 aliphatic heterocycles. The van der Waals surface area contributed by atoms with Gasteiger partial charge in [0.05, 0.1) is 12.7 Å². The first-order valence-electron chi connectivity index (χ1n) is 6.70. The second-order valence-corrected chi connectivity index (χ2v) is 5.06. The molecule has 0 spiro atoms. The van der Waals surface area contributed by atoms with Gasteiger partial charge in [-0.1, -0.05) is 29.8 Å². The van der Waals surface area contributed by atoms with Gasteiger partial charge in [-0.3, -0.25) is 9.78 Å². The van der Waals surface area contributed by atoms with E-state index in [1.54, 1.807) is 41.5 Å². The van der Waals surface area contributed by atoms with E-state index in [1.165, 1.54) is 0 Å². The molecular weight excluding hydrogens is 300 g/mol. The molecule has 1 amide bonds. The standard InChI is InChI=1S/C16H13ClN4O/c17-14-4-2-1-3-13(14)11-21-15(7-10-19-21)20-16(22)12-5-8-18-9-6-12/h1-10H,11H2,(H,20,22). The van der Waals surface area contributed by atoms with Crippen molar-refractivity contribution in [1.82, 2.24) is 14.8 Å². The minimum atomic E-state index is -0.205. The summed E-state index contributed by atoms with van der Waals surface area (Å²) in [7, 11) is 0. The van der Waals surface area contributed by atoms with Crippen LogP contribution in [0.3, 0.4) is 0 Å². The zero-order valence-corrected chi connectivity index (χ0v) is 12.4. The lowest BCUT2D eigenvalue weighted by Gasteiger charge is -2.10. The second-order valence-electron chi connectivity index (χ2n) is 4.66. The third-order valence-corrected chi connectivity index (χ3v) is 3.55.